The molecule has 4 heteroatoms. The van der Waals surface area contributed by atoms with Crippen molar-refractivity contribution in [1.82, 2.24) is 0 Å². The van der Waals surface area contributed by atoms with Crippen molar-refractivity contribution in [2.24, 2.45) is 0 Å². The monoisotopic (exact) mass is 342 g/mol. The Bertz CT molecular complexity index is 315. The molecule has 1 unspecified atom stereocenters. The maximum Gasteiger partial charge on any atom is 0.302 e. The van der Waals surface area contributed by atoms with Crippen LogP contribution in [-0.2, 0) is 14.3 Å². The predicted octanol–water partition coefficient (Wildman–Crippen LogP) is 4.96. The first-order valence-corrected chi connectivity index (χ1v) is 9.89. The zero-order chi connectivity index (χ0) is 18.0. The van der Waals surface area contributed by atoms with E-state index < -0.39 is 12.1 Å². The van der Waals surface area contributed by atoms with E-state index in [-0.39, 0.29) is 18.8 Å². The Hall–Kier alpha value is -0.900. The molecule has 1 N–H and O–H groups in total. The first kappa shape index (κ1) is 23.1. The molecule has 0 saturated heterocycles. The van der Waals surface area contributed by atoms with Gasteiger partial charge in [-0.3, -0.25) is 9.59 Å². The second kappa shape index (κ2) is 16.9. The summed E-state index contributed by atoms with van der Waals surface area (Å²) in [5.74, 6) is -0.371. The molecule has 0 aromatic rings. The lowest BCUT2D eigenvalue weighted by Crippen LogP contribution is -2.20. The molecule has 142 valence electrons. The van der Waals surface area contributed by atoms with E-state index in [2.05, 4.69) is 11.7 Å². The van der Waals surface area contributed by atoms with Gasteiger partial charge in [-0.05, 0) is 6.42 Å². The number of carbonyl (C=O) groups is 2. The van der Waals surface area contributed by atoms with E-state index in [9.17, 15) is 14.7 Å². The smallest absolute Gasteiger partial charge is 0.302 e. The van der Waals surface area contributed by atoms with Crippen LogP contribution in [0.5, 0.6) is 0 Å². The normalized spacial score (nSPS) is 12.1. The Morgan fingerprint density at radius 3 is 1.75 bits per heavy atom. The van der Waals surface area contributed by atoms with E-state index >= 15 is 0 Å². The van der Waals surface area contributed by atoms with Crippen molar-refractivity contribution in [2.75, 3.05) is 6.61 Å². The summed E-state index contributed by atoms with van der Waals surface area (Å²) in [6, 6.07) is 0. The van der Waals surface area contributed by atoms with Gasteiger partial charge < -0.3 is 9.84 Å². The van der Waals surface area contributed by atoms with Crippen LogP contribution in [0, 0.1) is 0 Å². The molecular weight excluding hydrogens is 304 g/mol. The van der Waals surface area contributed by atoms with Crippen LogP contribution < -0.4 is 0 Å². The summed E-state index contributed by atoms with van der Waals surface area (Å²) in [5.41, 5.74) is 0. The third-order valence-electron chi connectivity index (χ3n) is 4.25. The number of esters is 1. The van der Waals surface area contributed by atoms with E-state index in [1.807, 2.05) is 0 Å². The number of carbonyl (C=O) groups excluding carboxylic acids is 2. The summed E-state index contributed by atoms with van der Waals surface area (Å²) in [6.07, 6.45) is 15.0. The average Bonchev–Trinajstić information content (AvgIpc) is 2.54. The number of aliphatic hydroxyl groups is 1. The van der Waals surface area contributed by atoms with Crippen molar-refractivity contribution in [3.05, 3.63) is 0 Å². The molecule has 0 fully saturated rings. The molecule has 0 heterocycles. The number of aliphatic hydroxyl groups excluding tert-OH is 1. The predicted molar refractivity (Wildman–Crippen MR) is 98.0 cm³/mol. The standard InChI is InChI=1S/C20H38O4/c1-3-4-5-6-7-8-9-10-11-12-13-14-15-19(22)16-20(23)17-24-18(2)21/h20,23H,3-17H2,1-2H3. The molecular formula is C20H38O4. The van der Waals surface area contributed by atoms with Crippen molar-refractivity contribution in [3.63, 3.8) is 0 Å². The van der Waals surface area contributed by atoms with Gasteiger partial charge in [0.15, 0.2) is 0 Å². The number of rotatable bonds is 17. The highest BCUT2D eigenvalue weighted by atomic mass is 16.5. The molecule has 0 aromatic heterocycles. The summed E-state index contributed by atoms with van der Waals surface area (Å²) in [6.45, 7) is 3.46. The van der Waals surface area contributed by atoms with Gasteiger partial charge >= 0.3 is 5.97 Å². The third kappa shape index (κ3) is 17.5. The maximum atomic E-state index is 11.7. The van der Waals surface area contributed by atoms with Crippen LogP contribution in [0.3, 0.4) is 0 Å². The first-order valence-electron chi connectivity index (χ1n) is 9.89. The van der Waals surface area contributed by atoms with Crippen LogP contribution in [0.1, 0.15) is 104 Å². The van der Waals surface area contributed by atoms with E-state index in [1.54, 1.807) is 0 Å². The zero-order valence-corrected chi connectivity index (χ0v) is 15.9. The van der Waals surface area contributed by atoms with Crippen LogP contribution in [0.4, 0.5) is 0 Å². The van der Waals surface area contributed by atoms with Gasteiger partial charge in [0.05, 0.1) is 6.10 Å². The van der Waals surface area contributed by atoms with Crippen molar-refractivity contribution in [2.45, 2.75) is 110 Å². The first-order chi connectivity index (χ1) is 11.6. The summed E-state index contributed by atoms with van der Waals surface area (Å²) in [7, 11) is 0. The van der Waals surface area contributed by atoms with Crippen molar-refractivity contribution in [3.8, 4) is 0 Å². The van der Waals surface area contributed by atoms with Crippen molar-refractivity contribution >= 4 is 11.8 Å². The van der Waals surface area contributed by atoms with E-state index in [0.29, 0.717) is 6.42 Å². The Kier molecular flexibility index (Phi) is 16.3. The van der Waals surface area contributed by atoms with Crippen LogP contribution in [0.15, 0.2) is 0 Å². The molecule has 0 aromatic carbocycles. The van der Waals surface area contributed by atoms with E-state index in [4.69, 9.17) is 0 Å². The van der Waals surface area contributed by atoms with Crippen molar-refractivity contribution < 1.29 is 19.4 Å². The van der Waals surface area contributed by atoms with E-state index in [0.717, 1.165) is 12.8 Å². The lowest BCUT2D eigenvalue weighted by Gasteiger charge is -2.09. The Morgan fingerprint density at radius 1 is 0.833 bits per heavy atom. The maximum absolute atomic E-state index is 11.7. The topological polar surface area (TPSA) is 63.6 Å². The highest BCUT2D eigenvalue weighted by Crippen LogP contribution is 2.13. The van der Waals surface area contributed by atoms with Gasteiger partial charge in [-0.25, -0.2) is 0 Å². The Morgan fingerprint density at radius 2 is 1.29 bits per heavy atom. The molecule has 1 atom stereocenters. The minimum Gasteiger partial charge on any atom is -0.463 e. The molecule has 0 saturated carbocycles. The Labute approximate surface area is 148 Å². The number of hydrogen-bond acceptors (Lipinski definition) is 4. The molecule has 24 heavy (non-hydrogen) atoms. The second-order valence-electron chi connectivity index (χ2n) is 6.84. The van der Waals surface area contributed by atoms with Crippen LogP contribution in [-0.4, -0.2) is 29.6 Å². The van der Waals surface area contributed by atoms with Crippen molar-refractivity contribution in [1.29, 1.82) is 0 Å². The summed E-state index contributed by atoms with van der Waals surface area (Å²) >= 11 is 0. The van der Waals surface area contributed by atoms with Gasteiger partial charge in [0.2, 0.25) is 0 Å². The van der Waals surface area contributed by atoms with E-state index in [1.165, 1.54) is 71.1 Å². The van der Waals surface area contributed by atoms with Gasteiger partial charge in [-0.2, -0.15) is 0 Å². The fourth-order valence-corrected chi connectivity index (χ4v) is 2.80. The number of unbranched alkanes of at least 4 members (excludes halogenated alkanes) is 11. The lowest BCUT2D eigenvalue weighted by atomic mass is 10.0. The molecule has 0 aliphatic carbocycles. The van der Waals surface area contributed by atoms with Crippen LogP contribution >= 0.6 is 0 Å². The molecule has 0 aliphatic heterocycles. The molecule has 0 aliphatic rings. The fraction of sp³-hybridized carbons (Fsp3) is 0.900. The SMILES string of the molecule is CCCCCCCCCCCCCCC(=O)CC(O)COC(C)=O. The number of ketones is 1. The summed E-state index contributed by atoms with van der Waals surface area (Å²) in [5, 5.41) is 9.56. The largest absolute Gasteiger partial charge is 0.463 e. The second-order valence-corrected chi connectivity index (χ2v) is 6.84. The number of Topliss-reactive ketones (excluding diaryl/α,β-unsaturated/α-hetero) is 1. The zero-order valence-electron chi connectivity index (χ0n) is 15.9. The highest BCUT2D eigenvalue weighted by molar-refractivity contribution is 5.78. The Balaban J connectivity index is 3.28. The molecule has 0 amide bonds. The number of hydrogen-bond donors (Lipinski definition) is 1. The average molecular weight is 343 g/mol. The van der Waals surface area contributed by atoms with Crippen LogP contribution in [0.25, 0.3) is 0 Å². The molecule has 0 bridgehead atoms. The number of ether oxygens (including phenoxy) is 1. The molecule has 4 nitrogen and oxygen atoms in total. The van der Waals surface area contributed by atoms with Gasteiger partial charge in [-0.1, -0.05) is 77.6 Å². The minimum atomic E-state index is -0.862. The van der Waals surface area contributed by atoms with Gasteiger partial charge in [0, 0.05) is 19.8 Å². The summed E-state index contributed by atoms with van der Waals surface area (Å²) < 4.78 is 4.68. The lowest BCUT2D eigenvalue weighted by molar-refractivity contribution is -0.145. The molecule has 0 radical (unpaired) electrons. The fourth-order valence-electron chi connectivity index (χ4n) is 2.80. The summed E-state index contributed by atoms with van der Waals surface area (Å²) in [4.78, 5) is 22.3. The third-order valence-corrected chi connectivity index (χ3v) is 4.25. The van der Waals surface area contributed by atoms with Gasteiger partial charge in [0.25, 0.3) is 0 Å². The van der Waals surface area contributed by atoms with Gasteiger partial charge in [-0.15, -0.1) is 0 Å². The minimum absolute atomic E-state index is 0.0572. The molecule has 0 rings (SSSR count). The quantitative estimate of drug-likeness (QED) is 0.300. The van der Waals surface area contributed by atoms with Crippen LogP contribution in [0.2, 0.25) is 0 Å². The molecule has 0 spiro atoms. The van der Waals surface area contributed by atoms with Gasteiger partial charge in [0.1, 0.15) is 12.4 Å². The highest BCUT2D eigenvalue weighted by Gasteiger charge is 2.11.